The van der Waals surface area contributed by atoms with Gasteiger partial charge in [0, 0.05) is 6.04 Å². The van der Waals surface area contributed by atoms with Crippen LogP contribution in [-0.4, -0.2) is 36.3 Å². The summed E-state index contributed by atoms with van der Waals surface area (Å²) in [5.74, 6) is 0.881. The van der Waals surface area contributed by atoms with Gasteiger partial charge in [-0.25, -0.2) is 0 Å². The fourth-order valence-corrected chi connectivity index (χ4v) is 3.77. The molecule has 124 valence electrons. The highest BCUT2D eigenvalue weighted by Crippen LogP contribution is 2.39. The summed E-state index contributed by atoms with van der Waals surface area (Å²) in [6.07, 6.45) is 2.42. The third-order valence-corrected chi connectivity index (χ3v) is 5.08. The van der Waals surface area contributed by atoms with Crippen LogP contribution >= 0.6 is 27.7 Å². The van der Waals surface area contributed by atoms with E-state index in [-0.39, 0.29) is 17.2 Å². The molecule has 23 heavy (non-hydrogen) atoms. The second kappa shape index (κ2) is 7.40. The predicted octanol–water partition coefficient (Wildman–Crippen LogP) is 4.30. The number of benzene rings is 1. The summed E-state index contributed by atoms with van der Waals surface area (Å²) in [4.78, 5) is 26.2. The number of carbonyl (C=O) groups is 2. The molecule has 0 spiro atoms. The maximum Gasteiger partial charge on any atom is 0.293 e. The van der Waals surface area contributed by atoms with Crippen molar-refractivity contribution in [2.75, 3.05) is 14.2 Å². The fourth-order valence-electron chi connectivity index (χ4n) is 2.21. The largest absolute Gasteiger partial charge is 0.493 e. The first-order chi connectivity index (χ1) is 10.9. The molecule has 1 aromatic rings. The number of imide groups is 1. The minimum absolute atomic E-state index is 0.106. The number of carbonyl (C=O) groups excluding carboxylic acids is 2. The Morgan fingerprint density at radius 3 is 2.57 bits per heavy atom. The molecule has 5 nitrogen and oxygen atoms in total. The average Bonchev–Trinajstić information content (AvgIpc) is 2.80. The second-order valence-electron chi connectivity index (χ2n) is 5.05. The molecule has 0 bridgehead atoms. The van der Waals surface area contributed by atoms with Gasteiger partial charge in [0.2, 0.25) is 0 Å². The Morgan fingerprint density at radius 1 is 1.30 bits per heavy atom. The quantitative estimate of drug-likeness (QED) is 0.690. The minimum atomic E-state index is -0.250. The predicted molar refractivity (Wildman–Crippen MR) is 94.8 cm³/mol. The number of halogens is 1. The van der Waals surface area contributed by atoms with Gasteiger partial charge in [-0.2, -0.15) is 0 Å². The summed E-state index contributed by atoms with van der Waals surface area (Å²) in [7, 11) is 3.10. The van der Waals surface area contributed by atoms with Gasteiger partial charge in [-0.1, -0.05) is 6.92 Å². The minimum Gasteiger partial charge on any atom is -0.493 e. The van der Waals surface area contributed by atoms with Crippen LogP contribution in [0.3, 0.4) is 0 Å². The van der Waals surface area contributed by atoms with E-state index in [0.29, 0.717) is 20.9 Å². The zero-order chi connectivity index (χ0) is 17.1. The van der Waals surface area contributed by atoms with Crippen molar-refractivity contribution in [3.63, 3.8) is 0 Å². The first-order valence-electron chi connectivity index (χ1n) is 7.11. The van der Waals surface area contributed by atoms with E-state index in [9.17, 15) is 9.59 Å². The summed E-state index contributed by atoms with van der Waals surface area (Å²) < 4.78 is 11.3. The summed E-state index contributed by atoms with van der Waals surface area (Å²) in [5, 5.41) is -0.227. The van der Waals surface area contributed by atoms with E-state index >= 15 is 0 Å². The zero-order valence-corrected chi connectivity index (χ0v) is 15.8. The number of thioether (sulfide) groups is 1. The maximum atomic E-state index is 12.4. The molecule has 7 heteroatoms. The Labute approximate surface area is 148 Å². The van der Waals surface area contributed by atoms with Crippen LogP contribution in [0.2, 0.25) is 0 Å². The number of nitrogens with zero attached hydrogens (tertiary/aromatic N) is 1. The second-order valence-corrected chi connectivity index (χ2v) is 6.89. The van der Waals surface area contributed by atoms with Crippen molar-refractivity contribution in [1.29, 1.82) is 0 Å². The molecule has 1 aliphatic heterocycles. The van der Waals surface area contributed by atoms with E-state index < -0.39 is 0 Å². The van der Waals surface area contributed by atoms with Crippen LogP contribution in [-0.2, 0) is 4.79 Å². The highest BCUT2D eigenvalue weighted by molar-refractivity contribution is 9.10. The fraction of sp³-hybridized carbons (Fsp3) is 0.375. The summed E-state index contributed by atoms with van der Waals surface area (Å²) in [5.41, 5.74) is 0.754. The van der Waals surface area contributed by atoms with Crippen LogP contribution < -0.4 is 9.47 Å². The molecule has 1 aliphatic rings. The molecule has 2 rings (SSSR count). The number of amides is 2. The van der Waals surface area contributed by atoms with Gasteiger partial charge in [0.05, 0.1) is 23.6 Å². The molecule has 1 atom stereocenters. The van der Waals surface area contributed by atoms with Crippen LogP contribution in [0.1, 0.15) is 25.8 Å². The number of methoxy groups -OCH3 is 2. The smallest absolute Gasteiger partial charge is 0.293 e. The lowest BCUT2D eigenvalue weighted by Crippen LogP contribution is -2.36. The number of ether oxygens (including phenoxy) is 2. The van der Waals surface area contributed by atoms with E-state index in [0.717, 1.165) is 23.7 Å². The van der Waals surface area contributed by atoms with Crippen molar-refractivity contribution in [2.45, 2.75) is 26.3 Å². The first kappa shape index (κ1) is 17.9. The van der Waals surface area contributed by atoms with Crippen molar-refractivity contribution < 1.29 is 19.1 Å². The summed E-state index contributed by atoms with van der Waals surface area (Å²) in [6, 6.07) is 3.48. The molecule has 0 saturated carbocycles. The molecule has 0 radical (unpaired) electrons. The van der Waals surface area contributed by atoms with Crippen LogP contribution in [0.4, 0.5) is 4.79 Å². The SMILES string of the molecule is CC[C@@H](C)N1C(=O)S/C(=C/c2cc(Br)c(OC)c(OC)c2)C1=O. The van der Waals surface area contributed by atoms with Gasteiger partial charge in [0.1, 0.15) is 0 Å². The standard InChI is InChI=1S/C16H18BrNO4S/c1-5-9(2)18-15(19)13(23-16(18)20)8-10-6-11(17)14(22-4)12(7-10)21-3/h6-9H,5H2,1-4H3/b13-8+/t9-/m1/s1. The molecule has 1 fully saturated rings. The Morgan fingerprint density at radius 2 is 2.00 bits per heavy atom. The number of hydrogen-bond donors (Lipinski definition) is 0. The normalized spacial score (nSPS) is 17.8. The number of rotatable bonds is 5. The lowest BCUT2D eigenvalue weighted by atomic mass is 10.1. The van der Waals surface area contributed by atoms with Crippen LogP contribution in [0.25, 0.3) is 6.08 Å². The molecule has 1 heterocycles. The van der Waals surface area contributed by atoms with E-state index in [4.69, 9.17) is 9.47 Å². The Balaban J connectivity index is 2.38. The van der Waals surface area contributed by atoms with Gasteiger partial charge in [0.25, 0.3) is 11.1 Å². The van der Waals surface area contributed by atoms with E-state index in [1.165, 1.54) is 4.90 Å². The molecule has 0 unspecified atom stereocenters. The summed E-state index contributed by atoms with van der Waals surface area (Å²) in [6.45, 7) is 3.81. The van der Waals surface area contributed by atoms with Crippen LogP contribution in [0.5, 0.6) is 11.5 Å². The zero-order valence-electron chi connectivity index (χ0n) is 13.4. The highest BCUT2D eigenvalue weighted by Gasteiger charge is 2.37. The molecular formula is C16H18BrNO4S. The first-order valence-corrected chi connectivity index (χ1v) is 8.72. The molecule has 0 aliphatic carbocycles. The molecule has 2 amide bonds. The Hall–Kier alpha value is -1.47. The monoisotopic (exact) mass is 399 g/mol. The van der Waals surface area contributed by atoms with Gasteiger partial charge in [-0.3, -0.25) is 14.5 Å². The Kier molecular flexibility index (Phi) is 5.75. The van der Waals surface area contributed by atoms with Crippen molar-refractivity contribution in [2.24, 2.45) is 0 Å². The van der Waals surface area contributed by atoms with E-state index in [1.54, 1.807) is 26.4 Å². The van der Waals surface area contributed by atoms with Gasteiger partial charge < -0.3 is 9.47 Å². The van der Waals surface area contributed by atoms with Crippen molar-refractivity contribution in [1.82, 2.24) is 4.90 Å². The van der Waals surface area contributed by atoms with Gasteiger partial charge in [-0.05, 0) is 64.8 Å². The van der Waals surface area contributed by atoms with Crippen LogP contribution in [0, 0.1) is 0 Å². The van der Waals surface area contributed by atoms with Crippen molar-refractivity contribution in [3.8, 4) is 11.5 Å². The molecular weight excluding hydrogens is 382 g/mol. The number of hydrogen-bond acceptors (Lipinski definition) is 5. The highest BCUT2D eigenvalue weighted by atomic mass is 79.9. The van der Waals surface area contributed by atoms with Crippen molar-refractivity contribution >= 4 is 44.9 Å². The Bertz CT molecular complexity index is 674. The molecule has 0 aromatic heterocycles. The van der Waals surface area contributed by atoms with E-state index in [1.807, 2.05) is 19.9 Å². The molecule has 0 N–H and O–H groups in total. The summed E-state index contributed by atoms with van der Waals surface area (Å²) >= 11 is 4.38. The maximum absolute atomic E-state index is 12.4. The third-order valence-electron chi connectivity index (χ3n) is 3.61. The average molecular weight is 400 g/mol. The van der Waals surface area contributed by atoms with Gasteiger partial charge >= 0.3 is 0 Å². The molecule has 1 saturated heterocycles. The van der Waals surface area contributed by atoms with Gasteiger partial charge in [0.15, 0.2) is 11.5 Å². The van der Waals surface area contributed by atoms with E-state index in [2.05, 4.69) is 15.9 Å². The lowest BCUT2D eigenvalue weighted by molar-refractivity contribution is -0.124. The van der Waals surface area contributed by atoms with Gasteiger partial charge in [-0.15, -0.1) is 0 Å². The van der Waals surface area contributed by atoms with Crippen molar-refractivity contribution in [3.05, 3.63) is 27.1 Å². The lowest BCUT2D eigenvalue weighted by Gasteiger charge is -2.19. The molecule has 1 aromatic carbocycles. The van der Waals surface area contributed by atoms with Crippen LogP contribution in [0.15, 0.2) is 21.5 Å². The third kappa shape index (κ3) is 3.55. The topological polar surface area (TPSA) is 55.8 Å².